The lowest BCUT2D eigenvalue weighted by Gasteiger charge is -2.34. The van der Waals surface area contributed by atoms with Crippen molar-refractivity contribution in [2.75, 3.05) is 44.3 Å². The fraction of sp³-hybridized carbons (Fsp3) is 0.500. The van der Waals surface area contributed by atoms with E-state index in [1.165, 1.54) is 17.0 Å². The van der Waals surface area contributed by atoms with Gasteiger partial charge in [-0.05, 0) is 12.1 Å². The Labute approximate surface area is 134 Å². The number of para-hydroxylation sites is 1. The summed E-state index contributed by atoms with van der Waals surface area (Å²) in [5.41, 5.74) is 0.218. The molecule has 0 unspecified atom stereocenters. The Hall–Kier alpha value is -1.74. The van der Waals surface area contributed by atoms with Gasteiger partial charge in [0.2, 0.25) is 0 Å². The smallest absolute Gasteiger partial charge is 0.321 e. The molecule has 6 nitrogen and oxygen atoms in total. The van der Waals surface area contributed by atoms with Crippen LogP contribution in [0, 0.1) is 0 Å². The van der Waals surface area contributed by atoms with Gasteiger partial charge in [0.05, 0.1) is 17.1 Å². The number of sulfone groups is 1. The Kier molecular flexibility index (Phi) is 5.53. The molecule has 2 rings (SSSR count). The lowest BCUT2D eigenvalue weighted by Crippen LogP contribution is -2.51. The van der Waals surface area contributed by atoms with E-state index in [4.69, 9.17) is 0 Å². The maximum atomic E-state index is 12.3. The first-order valence-electron chi connectivity index (χ1n) is 7.13. The molecule has 0 spiro atoms. The number of benzene rings is 1. The van der Waals surface area contributed by atoms with E-state index in [0.717, 1.165) is 6.26 Å². The molecule has 1 heterocycles. The third-order valence-electron chi connectivity index (χ3n) is 3.58. The third kappa shape index (κ3) is 4.87. The Morgan fingerprint density at radius 3 is 2.39 bits per heavy atom. The van der Waals surface area contributed by atoms with Crippen LogP contribution >= 0.6 is 0 Å². The van der Waals surface area contributed by atoms with E-state index in [1.807, 2.05) is 0 Å². The zero-order chi connectivity index (χ0) is 17.0. The molecule has 1 aromatic rings. The number of amides is 2. The van der Waals surface area contributed by atoms with Gasteiger partial charge in [-0.2, -0.15) is 0 Å². The molecular formula is C14H19F2N3O3S. The minimum atomic E-state index is -3.46. The highest BCUT2D eigenvalue weighted by Crippen LogP contribution is 2.21. The van der Waals surface area contributed by atoms with Crippen molar-refractivity contribution in [3.05, 3.63) is 24.3 Å². The summed E-state index contributed by atoms with van der Waals surface area (Å²) in [5, 5.41) is 2.58. The highest BCUT2D eigenvalue weighted by molar-refractivity contribution is 7.90. The number of carbonyl (C=O) groups excluding carboxylic acids is 1. The zero-order valence-corrected chi connectivity index (χ0v) is 13.5. The number of anilines is 1. The molecule has 0 saturated carbocycles. The van der Waals surface area contributed by atoms with Crippen LogP contribution in [0.4, 0.5) is 19.3 Å². The number of piperazine rings is 1. The van der Waals surface area contributed by atoms with Crippen LogP contribution < -0.4 is 5.32 Å². The molecule has 1 aromatic carbocycles. The molecule has 1 N–H and O–H groups in total. The number of hydrogen-bond acceptors (Lipinski definition) is 4. The average molecular weight is 347 g/mol. The first-order chi connectivity index (χ1) is 10.8. The van der Waals surface area contributed by atoms with Crippen molar-refractivity contribution >= 4 is 21.6 Å². The van der Waals surface area contributed by atoms with Crippen molar-refractivity contribution in [3.8, 4) is 0 Å². The number of carbonyl (C=O) groups is 1. The Morgan fingerprint density at radius 2 is 1.83 bits per heavy atom. The number of urea groups is 1. The van der Waals surface area contributed by atoms with E-state index >= 15 is 0 Å². The van der Waals surface area contributed by atoms with E-state index in [0.29, 0.717) is 26.2 Å². The number of hydrogen-bond donors (Lipinski definition) is 1. The van der Waals surface area contributed by atoms with Crippen molar-refractivity contribution in [1.29, 1.82) is 0 Å². The van der Waals surface area contributed by atoms with Crippen LogP contribution in [0.15, 0.2) is 29.2 Å². The molecule has 23 heavy (non-hydrogen) atoms. The van der Waals surface area contributed by atoms with Crippen molar-refractivity contribution < 1.29 is 22.0 Å². The fourth-order valence-electron chi connectivity index (χ4n) is 2.42. The maximum absolute atomic E-state index is 12.3. The quantitative estimate of drug-likeness (QED) is 0.896. The summed E-state index contributed by atoms with van der Waals surface area (Å²) in [6, 6.07) is 5.71. The Balaban J connectivity index is 1.99. The molecule has 1 saturated heterocycles. The molecule has 0 bridgehead atoms. The Bertz CT molecular complexity index is 659. The van der Waals surface area contributed by atoms with Gasteiger partial charge in [-0.25, -0.2) is 22.0 Å². The highest BCUT2D eigenvalue weighted by atomic mass is 32.2. The first-order valence-corrected chi connectivity index (χ1v) is 9.02. The Morgan fingerprint density at radius 1 is 1.22 bits per heavy atom. The molecule has 1 aliphatic heterocycles. The number of nitrogens with one attached hydrogen (secondary N) is 1. The van der Waals surface area contributed by atoms with E-state index < -0.39 is 22.3 Å². The van der Waals surface area contributed by atoms with Crippen LogP contribution in [-0.2, 0) is 9.84 Å². The van der Waals surface area contributed by atoms with Gasteiger partial charge in [0.25, 0.3) is 6.43 Å². The van der Waals surface area contributed by atoms with E-state index in [9.17, 15) is 22.0 Å². The van der Waals surface area contributed by atoms with Crippen molar-refractivity contribution in [1.82, 2.24) is 9.80 Å². The number of alkyl halides is 2. The van der Waals surface area contributed by atoms with Gasteiger partial charge in [0.1, 0.15) is 0 Å². The molecule has 128 valence electrons. The molecule has 2 amide bonds. The average Bonchev–Trinajstić information content (AvgIpc) is 2.46. The molecule has 0 atom stereocenters. The SMILES string of the molecule is CS(=O)(=O)c1ccccc1NC(=O)N1CCN(CC(F)F)CC1. The van der Waals surface area contributed by atoms with Crippen LogP contribution in [0.25, 0.3) is 0 Å². The second-order valence-corrected chi connectivity index (χ2v) is 7.36. The molecule has 0 radical (unpaired) electrons. The minimum absolute atomic E-state index is 0.0460. The molecule has 9 heteroatoms. The minimum Gasteiger partial charge on any atom is -0.322 e. The summed E-state index contributed by atoms with van der Waals surface area (Å²) in [7, 11) is -3.46. The molecular weight excluding hydrogens is 328 g/mol. The van der Waals surface area contributed by atoms with Gasteiger partial charge in [-0.15, -0.1) is 0 Å². The van der Waals surface area contributed by atoms with Crippen LogP contribution in [0.5, 0.6) is 0 Å². The second kappa shape index (κ2) is 7.22. The monoisotopic (exact) mass is 347 g/mol. The lowest BCUT2D eigenvalue weighted by atomic mass is 10.3. The highest BCUT2D eigenvalue weighted by Gasteiger charge is 2.24. The standard InChI is InChI=1S/C14H19F2N3O3S/c1-23(21,22)12-5-3-2-4-11(12)17-14(20)19-8-6-18(7-9-19)10-13(15)16/h2-5,13H,6-10H2,1H3,(H,17,20). The van der Waals surface area contributed by atoms with E-state index in [-0.39, 0.29) is 17.1 Å². The molecule has 0 aromatic heterocycles. The summed E-state index contributed by atoms with van der Waals surface area (Å²) < 4.78 is 48.1. The van der Waals surface area contributed by atoms with E-state index in [1.54, 1.807) is 17.0 Å². The molecule has 1 aliphatic rings. The number of rotatable bonds is 4. The van der Waals surface area contributed by atoms with Crippen LogP contribution in [0.3, 0.4) is 0 Å². The third-order valence-corrected chi connectivity index (χ3v) is 4.74. The molecule has 1 fully saturated rings. The molecule has 0 aliphatic carbocycles. The van der Waals surface area contributed by atoms with Gasteiger partial charge < -0.3 is 10.2 Å². The topological polar surface area (TPSA) is 69.7 Å². The van der Waals surface area contributed by atoms with Crippen molar-refractivity contribution in [2.45, 2.75) is 11.3 Å². The normalized spacial score (nSPS) is 16.6. The summed E-state index contributed by atoms with van der Waals surface area (Å²) in [6.07, 6.45) is -1.32. The summed E-state index contributed by atoms with van der Waals surface area (Å²) in [4.78, 5) is 15.4. The van der Waals surface area contributed by atoms with Gasteiger partial charge in [0.15, 0.2) is 9.84 Å². The van der Waals surface area contributed by atoms with Gasteiger partial charge >= 0.3 is 6.03 Å². The largest absolute Gasteiger partial charge is 0.322 e. The zero-order valence-electron chi connectivity index (χ0n) is 12.7. The van der Waals surface area contributed by atoms with Crippen molar-refractivity contribution in [3.63, 3.8) is 0 Å². The fourth-order valence-corrected chi connectivity index (χ4v) is 3.26. The van der Waals surface area contributed by atoms with Gasteiger partial charge in [-0.1, -0.05) is 12.1 Å². The predicted molar refractivity (Wildman–Crippen MR) is 82.6 cm³/mol. The van der Waals surface area contributed by atoms with Crippen LogP contribution in [0.1, 0.15) is 0 Å². The summed E-state index contributed by atoms with van der Waals surface area (Å²) in [5.74, 6) is 0. The van der Waals surface area contributed by atoms with Gasteiger partial charge in [0, 0.05) is 32.4 Å². The summed E-state index contributed by atoms with van der Waals surface area (Å²) in [6.45, 7) is 1.07. The van der Waals surface area contributed by atoms with Crippen molar-refractivity contribution in [2.24, 2.45) is 0 Å². The second-order valence-electron chi connectivity index (χ2n) is 5.38. The predicted octanol–water partition coefficient (Wildman–Crippen LogP) is 1.50. The van der Waals surface area contributed by atoms with Crippen LogP contribution in [-0.4, -0.2) is 69.7 Å². The number of halogens is 2. The lowest BCUT2D eigenvalue weighted by molar-refractivity contribution is 0.0651. The maximum Gasteiger partial charge on any atom is 0.321 e. The van der Waals surface area contributed by atoms with Gasteiger partial charge in [-0.3, -0.25) is 4.90 Å². The first kappa shape index (κ1) is 17.6. The summed E-state index contributed by atoms with van der Waals surface area (Å²) >= 11 is 0. The number of nitrogens with zero attached hydrogens (tertiary/aromatic N) is 2. The van der Waals surface area contributed by atoms with Crippen LogP contribution in [0.2, 0.25) is 0 Å². The van der Waals surface area contributed by atoms with E-state index in [2.05, 4.69) is 5.32 Å².